The highest BCUT2D eigenvalue weighted by Gasteiger charge is 2.20. The van der Waals surface area contributed by atoms with Crippen molar-refractivity contribution in [2.24, 2.45) is 4.99 Å². The number of aliphatic imine (C=N–C) groups is 1. The molecule has 0 bridgehead atoms. The largest absolute Gasteiger partial charge is 0.320 e. The predicted octanol–water partition coefficient (Wildman–Crippen LogP) is 2.40. The summed E-state index contributed by atoms with van der Waals surface area (Å²) in [5.74, 6) is -1.03. The molecule has 1 aliphatic rings. The number of aromatic nitrogens is 2. The summed E-state index contributed by atoms with van der Waals surface area (Å²) in [6, 6.07) is 12.6. The van der Waals surface area contributed by atoms with Crippen molar-refractivity contribution in [3.8, 4) is 5.69 Å². The SMILES string of the molecule is Cc1cc(=O)c(C(=O)Nc2cccc(S(=O)(=O)NC3=NCCC3)c2)nn1-c1ccccc1F. The molecule has 0 saturated heterocycles. The van der Waals surface area contributed by atoms with Gasteiger partial charge in [-0.2, -0.15) is 5.10 Å². The Morgan fingerprint density at radius 1 is 1.12 bits per heavy atom. The first kappa shape index (κ1) is 22.3. The van der Waals surface area contributed by atoms with Gasteiger partial charge in [0.2, 0.25) is 5.43 Å². The third-order valence-corrected chi connectivity index (χ3v) is 6.31. The van der Waals surface area contributed by atoms with Gasteiger partial charge in [0.1, 0.15) is 17.3 Å². The number of benzene rings is 2. The van der Waals surface area contributed by atoms with Crippen LogP contribution in [0.3, 0.4) is 0 Å². The van der Waals surface area contributed by atoms with Crippen LogP contribution >= 0.6 is 0 Å². The third kappa shape index (κ3) is 4.82. The zero-order valence-electron chi connectivity index (χ0n) is 17.6. The number of hydrogen-bond acceptors (Lipinski definition) is 6. The number of anilines is 1. The molecule has 33 heavy (non-hydrogen) atoms. The number of sulfonamides is 1. The van der Waals surface area contributed by atoms with Crippen LogP contribution in [0.1, 0.15) is 29.0 Å². The first-order valence-electron chi connectivity index (χ1n) is 10.1. The molecule has 0 saturated carbocycles. The van der Waals surface area contributed by atoms with E-state index in [1.807, 2.05) is 0 Å². The minimum absolute atomic E-state index is 0.0736. The number of aryl methyl sites for hydroxylation is 1. The second-order valence-corrected chi connectivity index (χ2v) is 9.06. The molecular formula is C22H20FN5O4S. The topological polar surface area (TPSA) is 123 Å². The summed E-state index contributed by atoms with van der Waals surface area (Å²) in [5, 5.41) is 6.53. The number of amides is 1. The lowest BCUT2D eigenvalue weighted by molar-refractivity contribution is 0.101. The standard InChI is InChI=1S/C22H20FN5O4S/c1-14-12-19(29)21(26-28(14)18-9-3-2-8-17(18)23)22(30)25-15-6-4-7-16(13-15)33(31,32)27-20-10-5-11-24-20/h2-4,6-9,12-13H,5,10-11H2,1H3,(H,24,27)(H,25,30). The van der Waals surface area contributed by atoms with Gasteiger partial charge < -0.3 is 5.32 Å². The zero-order valence-corrected chi connectivity index (χ0v) is 18.4. The van der Waals surface area contributed by atoms with E-state index in [-0.39, 0.29) is 16.3 Å². The number of halogens is 1. The van der Waals surface area contributed by atoms with Gasteiger partial charge in [-0.05, 0) is 43.7 Å². The molecule has 9 nitrogen and oxygen atoms in total. The van der Waals surface area contributed by atoms with Gasteiger partial charge in [-0.1, -0.05) is 18.2 Å². The summed E-state index contributed by atoms with van der Waals surface area (Å²) in [7, 11) is -3.88. The molecule has 1 amide bonds. The number of nitrogens with one attached hydrogen (secondary N) is 2. The average Bonchev–Trinajstić information content (AvgIpc) is 3.27. The van der Waals surface area contributed by atoms with E-state index in [1.54, 1.807) is 13.0 Å². The highest BCUT2D eigenvalue weighted by Crippen LogP contribution is 2.18. The zero-order chi connectivity index (χ0) is 23.6. The van der Waals surface area contributed by atoms with Crippen LogP contribution in [0.15, 0.2) is 69.3 Å². The lowest BCUT2D eigenvalue weighted by Gasteiger charge is -2.12. The van der Waals surface area contributed by atoms with E-state index in [2.05, 4.69) is 20.1 Å². The molecule has 0 fully saturated rings. The molecule has 170 valence electrons. The monoisotopic (exact) mass is 469 g/mol. The maximum absolute atomic E-state index is 14.2. The van der Waals surface area contributed by atoms with E-state index in [4.69, 9.17) is 0 Å². The second-order valence-electron chi connectivity index (χ2n) is 7.38. The Hall–Kier alpha value is -3.86. The fourth-order valence-corrected chi connectivity index (χ4v) is 4.47. The van der Waals surface area contributed by atoms with Crippen LogP contribution < -0.4 is 15.5 Å². The third-order valence-electron chi connectivity index (χ3n) is 4.93. The lowest BCUT2D eigenvalue weighted by Crippen LogP contribution is -2.29. The Kier molecular flexibility index (Phi) is 6.05. The summed E-state index contributed by atoms with van der Waals surface area (Å²) in [4.78, 5) is 29.2. The Bertz CT molecular complexity index is 1430. The second kappa shape index (κ2) is 8.94. The first-order valence-corrected chi connectivity index (χ1v) is 11.6. The fourth-order valence-electron chi connectivity index (χ4n) is 3.34. The van der Waals surface area contributed by atoms with Crippen molar-refractivity contribution in [1.82, 2.24) is 14.5 Å². The molecule has 11 heteroatoms. The van der Waals surface area contributed by atoms with Crippen molar-refractivity contribution in [1.29, 1.82) is 0 Å². The molecule has 2 aromatic carbocycles. The van der Waals surface area contributed by atoms with Crippen molar-refractivity contribution in [2.75, 3.05) is 11.9 Å². The van der Waals surface area contributed by atoms with Crippen LogP contribution in [0.2, 0.25) is 0 Å². The molecule has 0 atom stereocenters. The molecule has 4 rings (SSSR count). The summed E-state index contributed by atoms with van der Waals surface area (Å²) in [6.07, 6.45) is 1.32. The highest BCUT2D eigenvalue weighted by molar-refractivity contribution is 7.90. The van der Waals surface area contributed by atoms with E-state index in [9.17, 15) is 22.4 Å². The van der Waals surface area contributed by atoms with Crippen LogP contribution in [0.5, 0.6) is 0 Å². The molecule has 2 heterocycles. The maximum atomic E-state index is 14.2. The number of hydrogen-bond donors (Lipinski definition) is 2. The molecular weight excluding hydrogens is 449 g/mol. The minimum Gasteiger partial charge on any atom is -0.320 e. The summed E-state index contributed by atoms with van der Waals surface area (Å²) in [6.45, 7) is 2.14. The Labute approximate surface area is 189 Å². The molecule has 0 radical (unpaired) electrons. The van der Waals surface area contributed by atoms with Gasteiger partial charge in [0, 0.05) is 30.4 Å². The molecule has 0 spiro atoms. The van der Waals surface area contributed by atoms with Crippen LogP contribution in [0.25, 0.3) is 5.69 Å². The number of amidine groups is 1. The average molecular weight is 469 g/mol. The highest BCUT2D eigenvalue weighted by atomic mass is 32.2. The summed E-state index contributed by atoms with van der Waals surface area (Å²) in [5.41, 5.74) is -0.540. The summed E-state index contributed by atoms with van der Waals surface area (Å²) >= 11 is 0. The number of carbonyl (C=O) groups excluding carboxylic acids is 1. The maximum Gasteiger partial charge on any atom is 0.280 e. The van der Waals surface area contributed by atoms with Gasteiger partial charge in [0.05, 0.1) is 4.90 Å². The smallest absolute Gasteiger partial charge is 0.280 e. The number of rotatable bonds is 5. The van der Waals surface area contributed by atoms with E-state index in [1.165, 1.54) is 53.2 Å². The van der Waals surface area contributed by atoms with Crippen molar-refractivity contribution < 1.29 is 17.6 Å². The predicted molar refractivity (Wildman–Crippen MR) is 121 cm³/mol. The fraction of sp³-hybridized carbons (Fsp3) is 0.182. The van der Waals surface area contributed by atoms with Gasteiger partial charge >= 0.3 is 0 Å². The number of nitrogens with zero attached hydrogens (tertiary/aromatic N) is 3. The van der Waals surface area contributed by atoms with E-state index in [0.717, 1.165) is 6.42 Å². The minimum atomic E-state index is -3.88. The van der Waals surface area contributed by atoms with E-state index >= 15 is 0 Å². The Morgan fingerprint density at radius 2 is 1.91 bits per heavy atom. The first-order chi connectivity index (χ1) is 15.7. The molecule has 0 unspecified atom stereocenters. The van der Waals surface area contributed by atoms with E-state index < -0.39 is 32.9 Å². The summed E-state index contributed by atoms with van der Waals surface area (Å²) < 4.78 is 43.1. The van der Waals surface area contributed by atoms with E-state index in [0.29, 0.717) is 24.5 Å². The Morgan fingerprint density at radius 3 is 2.64 bits per heavy atom. The van der Waals surface area contributed by atoms with Gasteiger partial charge in [-0.15, -0.1) is 0 Å². The van der Waals surface area contributed by atoms with Crippen LogP contribution in [0, 0.1) is 12.7 Å². The van der Waals surface area contributed by atoms with Crippen LogP contribution in [-0.4, -0.2) is 36.5 Å². The lowest BCUT2D eigenvalue weighted by atomic mass is 10.2. The molecule has 0 aliphatic carbocycles. The molecule has 1 aromatic heterocycles. The van der Waals surface area contributed by atoms with Crippen molar-refractivity contribution in [3.63, 3.8) is 0 Å². The molecule has 3 aromatic rings. The van der Waals surface area contributed by atoms with Gasteiger partial charge in [-0.25, -0.2) is 17.5 Å². The van der Waals surface area contributed by atoms with Crippen LogP contribution in [0.4, 0.5) is 10.1 Å². The van der Waals surface area contributed by atoms with Crippen molar-refractivity contribution in [2.45, 2.75) is 24.7 Å². The molecule has 1 aliphatic heterocycles. The van der Waals surface area contributed by atoms with Crippen LogP contribution in [-0.2, 0) is 10.0 Å². The Balaban J connectivity index is 1.62. The number of para-hydroxylation sites is 1. The van der Waals surface area contributed by atoms with Gasteiger partial charge in [-0.3, -0.25) is 19.3 Å². The van der Waals surface area contributed by atoms with Gasteiger partial charge in [0.15, 0.2) is 5.69 Å². The van der Waals surface area contributed by atoms with Crippen molar-refractivity contribution in [3.05, 3.63) is 82.0 Å². The number of carbonyl (C=O) groups is 1. The molecule has 2 N–H and O–H groups in total. The quantitative estimate of drug-likeness (QED) is 0.594. The van der Waals surface area contributed by atoms with Crippen molar-refractivity contribution >= 4 is 27.5 Å². The normalized spacial score (nSPS) is 13.5. The van der Waals surface area contributed by atoms with Gasteiger partial charge in [0.25, 0.3) is 15.9 Å².